The number of ether oxygens (including phenoxy) is 1. The summed E-state index contributed by atoms with van der Waals surface area (Å²) in [6.45, 7) is 0. The lowest BCUT2D eigenvalue weighted by molar-refractivity contribution is -0.122. The molecular weight excluding hydrogens is 508 g/mol. The lowest BCUT2D eigenvalue weighted by Crippen LogP contribution is -2.37. The van der Waals surface area contributed by atoms with Crippen LogP contribution in [0, 0.1) is 5.92 Å². The smallest absolute Gasteiger partial charge is 0.168 e. The normalized spacial score (nSPS) is 25.0. The summed E-state index contributed by atoms with van der Waals surface area (Å²) in [5.41, 5.74) is 3.47. The summed E-state index contributed by atoms with van der Waals surface area (Å²) in [6.07, 6.45) is 1.55. The number of aliphatic hydroxyl groups excluding tert-OH is 2. The fraction of sp³-hybridized carbons (Fsp3) is 0.414. The second-order valence-corrected chi connectivity index (χ2v) is 12.6. The lowest BCUT2D eigenvalue weighted by Gasteiger charge is -2.34. The van der Waals surface area contributed by atoms with Crippen LogP contribution in [0.25, 0.3) is 21.9 Å². The first-order chi connectivity index (χ1) is 17.9. The van der Waals surface area contributed by atoms with Crippen LogP contribution in [0.1, 0.15) is 43.2 Å². The monoisotopic (exact) mass is 540 g/mol. The molecule has 6 rings (SSSR count). The third kappa shape index (κ3) is 5.43. The van der Waals surface area contributed by atoms with Crippen molar-refractivity contribution < 1.29 is 30.0 Å². The summed E-state index contributed by atoms with van der Waals surface area (Å²) in [5.74, 6) is 1.04. The summed E-state index contributed by atoms with van der Waals surface area (Å²) in [5, 5.41) is 44.5. The van der Waals surface area contributed by atoms with Gasteiger partial charge in [-0.3, -0.25) is 4.79 Å². The number of rotatable bonds is 1. The maximum atomic E-state index is 12.9. The van der Waals surface area contributed by atoms with Crippen molar-refractivity contribution in [3.8, 4) is 28.4 Å². The minimum atomic E-state index is -0.748. The van der Waals surface area contributed by atoms with Crippen molar-refractivity contribution in [1.82, 2.24) is 0 Å². The maximum Gasteiger partial charge on any atom is 0.168 e. The Kier molecular flexibility index (Phi) is 7.91. The zero-order valence-electron chi connectivity index (χ0n) is 20.7. The first-order valence-electron chi connectivity index (χ1n) is 12.7. The van der Waals surface area contributed by atoms with E-state index in [1.165, 1.54) is 7.11 Å². The minimum Gasteiger partial charge on any atom is -0.508 e. The Morgan fingerprint density at radius 1 is 0.973 bits per heavy atom. The molecule has 37 heavy (non-hydrogen) atoms. The molecule has 3 aromatic rings. The highest BCUT2D eigenvalue weighted by Crippen LogP contribution is 2.47. The van der Waals surface area contributed by atoms with Gasteiger partial charge in [0.25, 0.3) is 0 Å². The summed E-state index contributed by atoms with van der Waals surface area (Å²) < 4.78 is 5.67. The molecule has 2 aliphatic heterocycles. The van der Waals surface area contributed by atoms with Gasteiger partial charge in [0.15, 0.2) is 11.5 Å². The van der Waals surface area contributed by atoms with Gasteiger partial charge in [-0.05, 0) is 77.3 Å². The van der Waals surface area contributed by atoms with Crippen LogP contribution >= 0.6 is 21.6 Å². The number of Topliss-reactive ketones (excluding diaryl/α,β-unsaturated/α-hetero) is 1. The summed E-state index contributed by atoms with van der Waals surface area (Å²) in [6, 6.07) is 12.7. The van der Waals surface area contributed by atoms with E-state index >= 15 is 0 Å². The number of hydrogen-bond donors (Lipinski definition) is 4. The average Bonchev–Trinajstić information content (AvgIpc) is 2.88. The molecule has 4 atom stereocenters. The Hall–Kier alpha value is -2.39. The number of carbonyl (C=O) groups excluding carboxylic acids is 1. The van der Waals surface area contributed by atoms with E-state index in [0.717, 1.165) is 45.9 Å². The van der Waals surface area contributed by atoms with Gasteiger partial charge >= 0.3 is 0 Å². The maximum absolute atomic E-state index is 12.9. The van der Waals surface area contributed by atoms with Gasteiger partial charge in [-0.1, -0.05) is 45.9 Å². The van der Waals surface area contributed by atoms with E-state index < -0.39 is 12.2 Å². The first-order valence-corrected chi connectivity index (χ1v) is 15.0. The van der Waals surface area contributed by atoms with Crippen molar-refractivity contribution >= 4 is 38.1 Å². The van der Waals surface area contributed by atoms with Crippen LogP contribution in [-0.4, -0.2) is 50.8 Å². The standard InChI is InChI=1S/C29H32O6S2/c1-35-29-24(32)10-5-17-3-8-20(31)14-25(33)18-6-11-27(26(34)12-18)37-36-15-23-21(28(17)29)9-4-16-2-7-19(30)13-22(16)23/h2,4-5,7,9-10,13,18,25-27,30,32-34H,3,6,8,11-12,14-15H2,1H3/t18-,25+,26-,27+/m1/s1. The second kappa shape index (κ2) is 11.2. The van der Waals surface area contributed by atoms with Crippen molar-refractivity contribution in [2.45, 2.75) is 61.7 Å². The van der Waals surface area contributed by atoms with Crippen LogP contribution in [0.4, 0.5) is 0 Å². The van der Waals surface area contributed by atoms with Crippen LogP contribution in [0.15, 0.2) is 42.5 Å². The number of aromatic hydroxyl groups is 2. The molecule has 0 saturated heterocycles. The van der Waals surface area contributed by atoms with Gasteiger partial charge in [0, 0.05) is 29.4 Å². The molecule has 1 fully saturated rings. The SMILES string of the molecule is COc1c(O)ccc2c1-c1ccc3ccc(O)cc3c1CSS[C@H]1CC[C@H](C[C@H]1O)[C@@H](O)CC(=O)CC2. The third-order valence-corrected chi connectivity index (χ3v) is 10.5. The van der Waals surface area contributed by atoms with Crippen LogP contribution in [-0.2, 0) is 17.0 Å². The number of ketones is 1. The van der Waals surface area contributed by atoms with E-state index in [0.29, 0.717) is 24.3 Å². The number of phenols is 2. The Morgan fingerprint density at radius 3 is 2.57 bits per heavy atom. The Morgan fingerprint density at radius 2 is 1.78 bits per heavy atom. The van der Waals surface area contributed by atoms with E-state index in [2.05, 4.69) is 0 Å². The highest BCUT2D eigenvalue weighted by Gasteiger charge is 2.34. The number of benzene rings is 3. The van der Waals surface area contributed by atoms with Crippen molar-refractivity contribution in [2.75, 3.05) is 7.11 Å². The molecule has 0 aromatic heterocycles. The van der Waals surface area contributed by atoms with Gasteiger partial charge in [-0.2, -0.15) is 0 Å². The summed E-state index contributed by atoms with van der Waals surface area (Å²) in [4.78, 5) is 12.9. The second-order valence-electron chi connectivity index (χ2n) is 10.00. The molecule has 2 bridgehead atoms. The fourth-order valence-electron chi connectivity index (χ4n) is 5.65. The van der Waals surface area contributed by atoms with E-state index in [-0.39, 0.29) is 41.3 Å². The van der Waals surface area contributed by atoms with Crippen molar-refractivity contribution in [3.05, 3.63) is 53.6 Å². The molecule has 1 aliphatic carbocycles. The predicted octanol–water partition coefficient (Wildman–Crippen LogP) is 5.60. The number of fused-ring (bicyclic) bond motifs is 9. The van der Waals surface area contributed by atoms with Gasteiger partial charge in [0.05, 0.1) is 19.3 Å². The number of methoxy groups -OCH3 is 1. The molecule has 3 aliphatic rings. The lowest BCUT2D eigenvalue weighted by atomic mass is 9.81. The first kappa shape index (κ1) is 26.2. The van der Waals surface area contributed by atoms with E-state index in [1.54, 1.807) is 39.8 Å². The molecule has 6 nitrogen and oxygen atoms in total. The van der Waals surface area contributed by atoms with E-state index in [1.807, 2.05) is 24.3 Å². The zero-order valence-corrected chi connectivity index (χ0v) is 22.4. The number of phenolic OH excluding ortho intramolecular Hbond substituents is 2. The number of carbonyl (C=O) groups is 1. The van der Waals surface area contributed by atoms with Crippen molar-refractivity contribution in [2.24, 2.45) is 5.92 Å². The Bertz CT molecular complexity index is 1310. The van der Waals surface area contributed by atoms with Crippen LogP contribution in [0.3, 0.4) is 0 Å². The average molecular weight is 541 g/mol. The summed E-state index contributed by atoms with van der Waals surface area (Å²) in [7, 11) is 4.83. The zero-order chi connectivity index (χ0) is 26.1. The van der Waals surface area contributed by atoms with Gasteiger partial charge in [0.2, 0.25) is 0 Å². The number of aryl methyl sites for hydroxylation is 1. The highest BCUT2D eigenvalue weighted by molar-refractivity contribution is 8.76. The van der Waals surface area contributed by atoms with E-state index in [4.69, 9.17) is 4.74 Å². The van der Waals surface area contributed by atoms with E-state index in [9.17, 15) is 25.2 Å². The molecule has 0 unspecified atom stereocenters. The third-order valence-electron chi connectivity index (χ3n) is 7.66. The van der Waals surface area contributed by atoms with Crippen LogP contribution in [0.5, 0.6) is 17.2 Å². The van der Waals surface area contributed by atoms with Crippen molar-refractivity contribution in [1.29, 1.82) is 0 Å². The number of hydrogen-bond acceptors (Lipinski definition) is 8. The topological polar surface area (TPSA) is 107 Å². The molecule has 4 N–H and O–H groups in total. The van der Waals surface area contributed by atoms with Crippen LogP contribution < -0.4 is 4.74 Å². The minimum absolute atomic E-state index is 0.0156. The molecule has 0 spiro atoms. The molecule has 1 saturated carbocycles. The Balaban J connectivity index is 1.66. The highest BCUT2D eigenvalue weighted by atomic mass is 33.1. The molecule has 8 heteroatoms. The molecule has 196 valence electrons. The number of aliphatic hydroxyl groups is 2. The largest absolute Gasteiger partial charge is 0.508 e. The van der Waals surface area contributed by atoms with Gasteiger partial charge in [0.1, 0.15) is 11.5 Å². The molecule has 2 heterocycles. The predicted molar refractivity (Wildman–Crippen MR) is 149 cm³/mol. The fourth-order valence-corrected chi connectivity index (χ4v) is 8.55. The molecule has 3 aromatic carbocycles. The summed E-state index contributed by atoms with van der Waals surface area (Å²) >= 11 is 0. The van der Waals surface area contributed by atoms with Gasteiger partial charge < -0.3 is 25.2 Å². The molecule has 0 amide bonds. The molecular formula is C29H32O6S2. The Labute approximate surface area is 224 Å². The van der Waals surface area contributed by atoms with Crippen molar-refractivity contribution in [3.63, 3.8) is 0 Å². The quantitative estimate of drug-likeness (QED) is 0.295. The van der Waals surface area contributed by atoms with Gasteiger partial charge in [-0.15, -0.1) is 0 Å². The van der Waals surface area contributed by atoms with Gasteiger partial charge in [-0.25, -0.2) is 0 Å². The van der Waals surface area contributed by atoms with Crippen LogP contribution in [0.2, 0.25) is 0 Å². The molecule has 0 radical (unpaired) electrons.